The van der Waals surface area contributed by atoms with Gasteiger partial charge in [0, 0.05) is 24.4 Å². The lowest BCUT2D eigenvalue weighted by molar-refractivity contribution is 0.447. The van der Waals surface area contributed by atoms with Gasteiger partial charge in [-0.1, -0.05) is 0 Å². The largest absolute Gasteiger partial charge is 0.382 e. The molecule has 0 bridgehead atoms. The van der Waals surface area contributed by atoms with E-state index in [0.717, 1.165) is 12.1 Å². The number of hydrogen-bond donors (Lipinski definition) is 1. The van der Waals surface area contributed by atoms with Gasteiger partial charge in [0.2, 0.25) is 0 Å². The van der Waals surface area contributed by atoms with Crippen LogP contribution in [0.1, 0.15) is 0 Å². The third-order valence-electron chi connectivity index (χ3n) is 1.41. The van der Waals surface area contributed by atoms with E-state index in [1.165, 1.54) is 0 Å². The molecule has 0 aliphatic carbocycles. The molecule has 13 heavy (non-hydrogen) atoms. The van der Waals surface area contributed by atoms with Crippen LogP contribution < -0.4 is 5.32 Å². The Labute approximate surface area is 72.4 Å². The van der Waals surface area contributed by atoms with Crippen LogP contribution in [0.2, 0.25) is 0 Å². The lowest BCUT2D eigenvalue weighted by atomic mass is 10.3. The van der Waals surface area contributed by atoms with Crippen LogP contribution in [-0.2, 0) is 0 Å². The zero-order valence-corrected chi connectivity index (χ0v) is 6.58. The van der Waals surface area contributed by atoms with Gasteiger partial charge in [0.25, 0.3) is 0 Å². The Balaban J connectivity index is 2.86. The van der Waals surface area contributed by atoms with Gasteiger partial charge < -0.3 is 5.32 Å². The highest BCUT2D eigenvalue weighted by atomic mass is 19.2. The Hall–Kier alpha value is -1.26. The predicted octanol–water partition coefficient (Wildman–Crippen LogP) is 2.49. The molecule has 1 aromatic carbocycles. The van der Waals surface area contributed by atoms with Crippen LogP contribution in [0.25, 0.3) is 0 Å². The molecule has 0 fully saturated rings. The molecule has 0 aliphatic heterocycles. The van der Waals surface area contributed by atoms with E-state index in [4.69, 9.17) is 0 Å². The second-order valence-corrected chi connectivity index (χ2v) is 2.37. The topological polar surface area (TPSA) is 12.0 Å². The molecule has 0 spiro atoms. The summed E-state index contributed by atoms with van der Waals surface area (Å²) in [6, 6.07) is 1.54. The van der Waals surface area contributed by atoms with Crippen molar-refractivity contribution in [3.8, 4) is 0 Å². The maximum atomic E-state index is 12.5. The fraction of sp³-hybridized carbons (Fsp3) is 0.250. The van der Waals surface area contributed by atoms with E-state index in [-0.39, 0.29) is 12.2 Å². The molecule has 0 aromatic heterocycles. The van der Waals surface area contributed by atoms with E-state index in [1.807, 2.05) is 0 Å². The van der Waals surface area contributed by atoms with Crippen molar-refractivity contribution in [2.24, 2.45) is 0 Å². The monoisotopic (exact) mass is 193 g/mol. The van der Waals surface area contributed by atoms with E-state index in [9.17, 15) is 17.6 Å². The predicted molar refractivity (Wildman–Crippen MR) is 40.8 cm³/mol. The van der Waals surface area contributed by atoms with Crippen molar-refractivity contribution in [2.45, 2.75) is 0 Å². The highest BCUT2D eigenvalue weighted by molar-refractivity contribution is 5.43. The van der Waals surface area contributed by atoms with Gasteiger partial charge in [-0.3, -0.25) is 0 Å². The molecule has 72 valence electrons. The first-order chi connectivity index (χ1) is 6.15. The maximum Gasteiger partial charge on any atom is 0.194 e. The molecular formula is C8H7F4N. The molecule has 0 aliphatic rings. The molecule has 1 nitrogen and oxygen atoms in total. The number of halogens is 4. The summed E-state index contributed by atoms with van der Waals surface area (Å²) in [6.45, 7) is -0.731. The number of rotatable bonds is 3. The lowest BCUT2D eigenvalue weighted by Gasteiger charge is -2.04. The van der Waals surface area contributed by atoms with Gasteiger partial charge >= 0.3 is 0 Å². The molecule has 1 rings (SSSR count). The first-order valence-corrected chi connectivity index (χ1v) is 3.59. The molecule has 0 amide bonds. The first-order valence-electron chi connectivity index (χ1n) is 3.59. The van der Waals surface area contributed by atoms with Gasteiger partial charge in [0.15, 0.2) is 17.5 Å². The third kappa shape index (κ3) is 2.34. The second kappa shape index (κ2) is 4.11. The minimum Gasteiger partial charge on any atom is -0.382 e. The van der Waals surface area contributed by atoms with Crippen molar-refractivity contribution in [2.75, 3.05) is 18.5 Å². The van der Waals surface area contributed by atoms with Gasteiger partial charge in [-0.05, 0) is 0 Å². The molecule has 1 aromatic rings. The minimum atomic E-state index is -1.52. The fourth-order valence-electron chi connectivity index (χ4n) is 0.849. The summed E-state index contributed by atoms with van der Waals surface area (Å²) < 4.78 is 49.1. The molecule has 1 N–H and O–H groups in total. The standard InChI is InChI=1S/C8H7F4N/c9-1-2-13-5-3-6(10)8(12)7(11)4-5/h3-4,13H,1-2H2. The quantitative estimate of drug-likeness (QED) is 0.574. The van der Waals surface area contributed by atoms with Crippen LogP contribution in [0, 0.1) is 17.5 Å². The van der Waals surface area contributed by atoms with E-state index < -0.39 is 24.1 Å². The normalized spacial score (nSPS) is 10.2. The van der Waals surface area contributed by atoms with Crippen molar-refractivity contribution in [1.29, 1.82) is 0 Å². The average molecular weight is 193 g/mol. The van der Waals surface area contributed by atoms with Gasteiger partial charge in [-0.25, -0.2) is 17.6 Å². The van der Waals surface area contributed by atoms with Crippen LogP contribution in [0.3, 0.4) is 0 Å². The van der Waals surface area contributed by atoms with Gasteiger partial charge in [-0.15, -0.1) is 0 Å². The number of hydrogen-bond acceptors (Lipinski definition) is 1. The molecule has 0 saturated carbocycles. The summed E-state index contributed by atoms with van der Waals surface area (Å²) >= 11 is 0. The summed E-state index contributed by atoms with van der Waals surface area (Å²) in [4.78, 5) is 0. The van der Waals surface area contributed by atoms with Crippen molar-refractivity contribution >= 4 is 5.69 Å². The molecule has 0 atom stereocenters. The van der Waals surface area contributed by atoms with E-state index in [2.05, 4.69) is 5.32 Å². The van der Waals surface area contributed by atoms with Crippen LogP contribution >= 0.6 is 0 Å². The highest BCUT2D eigenvalue weighted by Crippen LogP contribution is 2.16. The van der Waals surface area contributed by atoms with Crippen LogP contribution in [-0.4, -0.2) is 13.2 Å². The first kappa shape index (κ1) is 9.83. The van der Waals surface area contributed by atoms with Crippen LogP contribution in [0.15, 0.2) is 12.1 Å². The summed E-state index contributed by atoms with van der Waals surface area (Å²) in [7, 11) is 0. The molecule has 0 unspecified atom stereocenters. The summed E-state index contributed by atoms with van der Waals surface area (Å²) in [5.41, 5.74) is 0.0223. The summed E-state index contributed by atoms with van der Waals surface area (Å²) in [5, 5.41) is 2.38. The van der Waals surface area contributed by atoms with Gasteiger partial charge in [0.1, 0.15) is 6.67 Å². The Morgan fingerprint density at radius 2 is 1.62 bits per heavy atom. The summed E-state index contributed by atoms with van der Waals surface area (Å²) in [6.07, 6.45) is 0. The van der Waals surface area contributed by atoms with E-state index in [1.54, 1.807) is 0 Å². The van der Waals surface area contributed by atoms with Crippen molar-refractivity contribution < 1.29 is 17.6 Å². The van der Waals surface area contributed by atoms with E-state index in [0.29, 0.717) is 0 Å². The second-order valence-electron chi connectivity index (χ2n) is 2.37. The van der Waals surface area contributed by atoms with Crippen molar-refractivity contribution in [3.63, 3.8) is 0 Å². The van der Waals surface area contributed by atoms with Crippen LogP contribution in [0.4, 0.5) is 23.2 Å². The lowest BCUT2D eigenvalue weighted by Crippen LogP contribution is -2.04. The zero-order valence-electron chi connectivity index (χ0n) is 6.58. The molecule has 0 heterocycles. The number of anilines is 1. The third-order valence-corrected chi connectivity index (χ3v) is 1.41. The molecule has 0 radical (unpaired) electrons. The van der Waals surface area contributed by atoms with Gasteiger partial charge in [0.05, 0.1) is 0 Å². The number of alkyl halides is 1. The SMILES string of the molecule is FCCNc1cc(F)c(F)c(F)c1. The highest BCUT2D eigenvalue weighted by Gasteiger charge is 2.09. The number of nitrogens with one attached hydrogen (secondary N) is 1. The maximum absolute atomic E-state index is 12.5. The average Bonchev–Trinajstić information content (AvgIpc) is 2.10. The Morgan fingerprint density at radius 3 is 2.08 bits per heavy atom. The number of benzene rings is 1. The minimum absolute atomic E-state index is 0.0223. The Bertz CT molecular complexity index is 277. The Morgan fingerprint density at radius 1 is 1.08 bits per heavy atom. The molecular weight excluding hydrogens is 186 g/mol. The smallest absolute Gasteiger partial charge is 0.194 e. The van der Waals surface area contributed by atoms with Crippen molar-refractivity contribution in [1.82, 2.24) is 0 Å². The van der Waals surface area contributed by atoms with Gasteiger partial charge in [-0.2, -0.15) is 0 Å². The molecule has 0 saturated heterocycles. The summed E-state index contributed by atoms with van der Waals surface area (Å²) in [5.74, 6) is -4.10. The fourth-order valence-corrected chi connectivity index (χ4v) is 0.849. The molecule has 5 heteroatoms. The van der Waals surface area contributed by atoms with E-state index >= 15 is 0 Å². The Kier molecular flexibility index (Phi) is 3.11. The van der Waals surface area contributed by atoms with Crippen molar-refractivity contribution in [3.05, 3.63) is 29.6 Å². The zero-order chi connectivity index (χ0) is 9.84. The van der Waals surface area contributed by atoms with Crippen LogP contribution in [0.5, 0.6) is 0 Å².